The molecule has 1 rings (SSSR count). The second kappa shape index (κ2) is 2.46. The second-order valence-electron chi connectivity index (χ2n) is 1.62. The summed E-state index contributed by atoms with van der Waals surface area (Å²) in [5.74, 6) is 0. The van der Waals surface area contributed by atoms with E-state index < -0.39 is 0 Å². The van der Waals surface area contributed by atoms with Crippen LogP contribution in [0.25, 0.3) is 0 Å². The second-order valence-corrected chi connectivity index (χ2v) is 2.47. The van der Waals surface area contributed by atoms with Crippen molar-refractivity contribution >= 4 is 28.9 Å². The first-order valence-electron chi connectivity index (χ1n) is 2.37. The Bertz CT molecular complexity index is 222. The average molecular weight is 161 g/mol. The van der Waals surface area contributed by atoms with E-state index in [-0.39, 0.29) is 0 Å². The first kappa shape index (κ1) is 6.72. The zero-order valence-corrected chi connectivity index (χ0v) is 6.00. The fraction of sp³-hybridized carbons (Fsp3) is 0. The smallest absolute Gasteiger partial charge is 0.0727 e. The molecule has 0 saturated heterocycles. The minimum Gasteiger partial charge on any atom is -0.299 e. The Balaban J connectivity index is 3.17. The average Bonchev–Trinajstić information content (AvgIpc) is 1.80. The van der Waals surface area contributed by atoms with E-state index in [0.717, 1.165) is 0 Å². The van der Waals surface area contributed by atoms with Crippen molar-refractivity contribution in [3.8, 4) is 0 Å². The fourth-order valence-electron chi connectivity index (χ4n) is 0.489. The molecule has 9 heavy (non-hydrogen) atoms. The zero-order valence-electron chi connectivity index (χ0n) is 4.49. The molecule has 47 valence electrons. The van der Waals surface area contributed by atoms with Gasteiger partial charge < -0.3 is 0 Å². The minimum atomic E-state index is 0.307. The standard InChI is InChI=1S/C6H4Cl2N/c7-4-1-2-6(9)5(8)3-4/h1-3,9H. The Labute approximate surface area is 63.4 Å². The van der Waals surface area contributed by atoms with E-state index in [0.29, 0.717) is 15.7 Å². The highest BCUT2D eigenvalue weighted by Gasteiger charge is 1.94. The Morgan fingerprint density at radius 3 is 2.33 bits per heavy atom. The Hall–Kier alpha value is -0.400. The summed E-state index contributed by atoms with van der Waals surface area (Å²) in [6.45, 7) is 0. The van der Waals surface area contributed by atoms with E-state index in [2.05, 4.69) is 0 Å². The van der Waals surface area contributed by atoms with Crippen LogP contribution in [-0.2, 0) is 0 Å². The lowest BCUT2D eigenvalue weighted by atomic mass is 10.3. The molecule has 0 heterocycles. The van der Waals surface area contributed by atoms with Gasteiger partial charge in [0.25, 0.3) is 0 Å². The van der Waals surface area contributed by atoms with E-state index in [1.54, 1.807) is 18.2 Å². The van der Waals surface area contributed by atoms with Gasteiger partial charge in [0.05, 0.1) is 10.7 Å². The van der Waals surface area contributed by atoms with Crippen LogP contribution in [0.3, 0.4) is 0 Å². The lowest BCUT2D eigenvalue weighted by molar-refractivity contribution is 1.48. The van der Waals surface area contributed by atoms with Gasteiger partial charge >= 0.3 is 0 Å². The number of nitrogens with one attached hydrogen (secondary N) is 1. The maximum absolute atomic E-state index is 7.13. The molecule has 0 spiro atoms. The van der Waals surface area contributed by atoms with Crippen LogP contribution in [0, 0.1) is 0 Å². The van der Waals surface area contributed by atoms with Gasteiger partial charge in [0.15, 0.2) is 0 Å². The number of benzene rings is 1. The number of hydrogen-bond donors (Lipinski definition) is 0. The lowest BCUT2D eigenvalue weighted by Crippen LogP contribution is -1.70. The summed E-state index contributed by atoms with van der Waals surface area (Å²) >= 11 is 11.1. The first-order chi connectivity index (χ1) is 4.20. The van der Waals surface area contributed by atoms with Crippen LogP contribution in [0.2, 0.25) is 10.0 Å². The molecule has 1 nitrogen and oxygen atoms in total. The molecule has 0 bridgehead atoms. The van der Waals surface area contributed by atoms with Gasteiger partial charge in [-0.05, 0) is 18.2 Å². The molecule has 0 aliphatic heterocycles. The molecule has 0 atom stereocenters. The van der Waals surface area contributed by atoms with Crippen LogP contribution in [0.15, 0.2) is 18.2 Å². The monoisotopic (exact) mass is 160 g/mol. The molecule has 1 N–H and O–H groups in total. The minimum absolute atomic E-state index is 0.307. The molecule has 1 aromatic carbocycles. The lowest BCUT2D eigenvalue weighted by Gasteiger charge is -1.93. The summed E-state index contributed by atoms with van der Waals surface area (Å²) in [6.07, 6.45) is 0. The number of hydrogen-bond acceptors (Lipinski definition) is 0. The van der Waals surface area contributed by atoms with Crippen LogP contribution < -0.4 is 5.73 Å². The van der Waals surface area contributed by atoms with Gasteiger partial charge in [0.2, 0.25) is 0 Å². The van der Waals surface area contributed by atoms with Gasteiger partial charge in [-0.25, -0.2) is 0 Å². The van der Waals surface area contributed by atoms with Gasteiger partial charge in [0.1, 0.15) is 0 Å². The van der Waals surface area contributed by atoms with Crippen molar-refractivity contribution in [3.05, 3.63) is 28.2 Å². The van der Waals surface area contributed by atoms with E-state index in [1.165, 1.54) is 0 Å². The highest BCUT2D eigenvalue weighted by Crippen LogP contribution is 2.23. The third-order valence-electron chi connectivity index (χ3n) is 0.931. The Kier molecular flexibility index (Phi) is 1.84. The molecule has 0 aliphatic rings. The Morgan fingerprint density at radius 1 is 1.22 bits per heavy atom. The molecule has 0 aromatic heterocycles. The molecule has 0 unspecified atom stereocenters. The van der Waals surface area contributed by atoms with Crippen LogP contribution in [0.1, 0.15) is 0 Å². The van der Waals surface area contributed by atoms with Crippen molar-refractivity contribution in [1.29, 1.82) is 0 Å². The van der Waals surface area contributed by atoms with Crippen molar-refractivity contribution in [2.24, 2.45) is 0 Å². The highest BCUT2D eigenvalue weighted by molar-refractivity contribution is 6.36. The number of halogens is 2. The summed E-state index contributed by atoms with van der Waals surface area (Å²) in [7, 11) is 0. The summed E-state index contributed by atoms with van der Waals surface area (Å²) < 4.78 is 0. The maximum atomic E-state index is 7.13. The molecule has 1 aromatic rings. The van der Waals surface area contributed by atoms with E-state index in [1.807, 2.05) is 0 Å². The van der Waals surface area contributed by atoms with Gasteiger partial charge in [-0.1, -0.05) is 23.2 Å². The summed E-state index contributed by atoms with van der Waals surface area (Å²) in [6, 6.07) is 4.74. The van der Waals surface area contributed by atoms with Crippen molar-refractivity contribution in [1.82, 2.24) is 5.73 Å². The zero-order chi connectivity index (χ0) is 6.85. The maximum Gasteiger partial charge on any atom is 0.0727 e. The van der Waals surface area contributed by atoms with Gasteiger partial charge in [-0.2, -0.15) is 0 Å². The fourth-order valence-corrected chi connectivity index (χ4v) is 0.898. The van der Waals surface area contributed by atoms with E-state index >= 15 is 0 Å². The van der Waals surface area contributed by atoms with Gasteiger partial charge in [0, 0.05) is 5.02 Å². The predicted molar refractivity (Wildman–Crippen MR) is 39.2 cm³/mol. The third-order valence-corrected chi connectivity index (χ3v) is 1.48. The molecule has 0 amide bonds. The van der Waals surface area contributed by atoms with Crippen molar-refractivity contribution in [2.45, 2.75) is 0 Å². The summed E-state index contributed by atoms with van der Waals surface area (Å²) in [5.41, 5.74) is 7.43. The third kappa shape index (κ3) is 1.50. The molecule has 1 radical (unpaired) electrons. The van der Waals surface area contributed by atoms with Crippen LogP contribution >= 0.6 is 23.2 Å². The molecule has 0 aliphatic carbocycles. The SMILES string of the molecule is [NH]c1ccc(Cl)cc1Cl. The molecular formula is C6H4Cl2N. The normalized spacial score (nSPS) is 9.56. The molecule has 3 heteroatoms. The largest absolute Gasteiger partial charge is 0.299 e. The predicted octanol–water partition coefficient (Wildman–Crippen LogP) is 2.91. The highest BCUT2D eigenvalue weighted by atomic mass is 35.5. The molecule has 0 saturated carbocycles. The van der Waals surface area contributed by atoms with E-state index in [9.17, 15) is 0 Å². The quantitative estimate of drug-likeness (QED) is 0.558. The van der Waals surface area contributed by atoms with Crippen molar-refractivity contribution < 1.29 is 0 Å². The summed E-state index contributed by atoms with van der Waals surface area (Å²) in [5, 5.41) is 0.957. The van der Waals surface area contributed by atoms with E-state index in [4.69, 9.17) is 28.9 Å². The van der Waals surface area contributed by atoms with Gasteiger partial charge in [-0.15, -0.1) is 0 Å². The van der Waals surface area contributed by atoms with Crippen LogP contribution in [0.4, 0.5) is 5.69 Å². The molecule has 0 fully saturated rings. The van der Waals surface area contributed by atoms with Crippen molar-refractivity contribution in [2.75, 3.05) is 0 Å². The number of rotatable bonds is 0. The van der Waals surface area contributed by atoms with Crippen molar-refractivity contribution in [3.63, 3.8) is 0 Å². The van der Waals surface area contributed by atoms with Gasteiger partial charge in [-0.3, -0.25) is 5.73 Å². The van der Waals surface area contributed by atoms with Crippen LogP contribution in [0.5, 0.6) is 0 Å². The first-order valence-corrected chi connectivity index (χ1v) is 3.12. The molecular weight excluding hydrogens is 157 g/mol. The topological polar surface area (TPSA) is 23.8 Å². The summed E-state index contributed by atoms with van der Waals surface area (Å²) in [4.78, 5) is 0. The van der Waals surface area contributed by atoms with Crippen LogP contribution in [-0.4, -0.2) is 0 Å². The Morgan fingerprint density at radius 2 is 1.89 bits per heavy atom.